The van der Waals surface area contributed by atoms with E-state index < -0.39 is 8.32 Å². The zero-order chi connectivity index (χ0) is 27.3. The largest absolute Gasteiger partial charge is 0.405 e. The van der Waals surface area contributed by atoms with Crippen LogP contribution in [0, 0.1) is 0 Å². The highest BCUT2D eigenvalue weighted by molar-refractivity contribution is 6.99. The predicted molar refractivity (Wildman–Crippen MR) is 162 cm³/mol. The number of hydrogen-bond acceptors (Lipinski definition) is 3. The molecule has 1 aliphatic rings. The van der Waals surface area contributed by atoms with Crippen LogP contribution < -0.4 is 21.0 Å². The van der Waals surface area contributed by atoms with Gasteiger partial charge in [-0.2, -0.15) is 0 Å². The summed E-state index contributed by atoms with van der Waals surface area (Å²) in [6.07, 6.45) is 0. The molecule has 200 valence electrons. The molecule has 4 nitrogen and oxygen atoms in total. The van der Waals surface area contributed by atoms with Gasteiger partial charge in [-0.05, 0) is 26.5 Å². The van der Waals surface area contributed by atoms with Crippen molar-refractivity contribution in [2.24, 2.45) is 0 Å². The Morgan fingerprint density at radius 2 is 1.23 bits per heavy atom. The summed E-state index contributed by atoms with van der Waals surface area (Å²) in [6.45, 7) is 7.95. The fourth-order valence-electron chi connectivity index (χ4n) is 5.99. The standard InChI is InChI=1S/C34H38N2O2Si/c1-34(2,3)39(28-20-12-6-13-21-28,29-22-14-7-15-23-29)38-25-30-32(35-24-26-16-8-4-9-17-26)31(33(37)36-30)27-18-10-5-11-19-27/h4-23,30-32,35H,24-25H2,1-3H3,(H,36,37)/t30-,31-,32+/m0/s1. The van der Waals surface area contributed by atoms with Crippen molar-refractivity contribution in [3.8, 4) is 0 Å². The summed E-state index contributed by atoms with van der Waals surface area (Å²) in [7, 11) is -2.74. The maximum atomic E-state index is 13.5. The quantitative estimate of drug-likeness (QED) is 0.297. The van der Waals surface area contributed by atoms with E-state index in [2.05, 4.69) is 104 Å². The molecule has 39 heavy (non-hydrogen) atoms. The number of amides is 1. The average molecular weight is 535 g/mol. The van der Waals surface area contributed by atoms with Crippen LogP contribution in [0.4, 0.5) is 0 Å². The normalized spacial score (nSPS) is 19.6. The first-order valence-corrected chi connectivity index (χ1v) is 15.7. The van der Waals surface area contributed by atoms with E-state index in [0.29, 0.717) is 13.2 Å². The van der Waals surface area contributed by atoms with Crippen molar-refractivity contribution in [1.82, 2.24) is 10.6 Å². The molecule has 1 aliphatic heterocycles. The number of carbonyl (C=O) groups excluding carboxylic acids is 1. The Labute approximate surface area is 233 Å². The van der Waals surface area contributed by atoms with Crippen LogP contribution in [0.15, 0.2) is 121 Å². The van der Waals surface area contributed by atoms with Crippen LogP contribution in [0.1, 0.15) is 37.8 Å². The van der Waals surface area contributed by atoms with Crippen molar-refractivity contribution >= 4 is 24.6 Å². The summed E-state index contributed by atoms with van der Waals surface area (Å²) in [6, 6.07) is 41.5. The van der Waals surface area contributed by atoms with Gasteiger partial charge >= 0.3 is 0 Å². The SMILES string of the molecule is CC(C)(C)[Si](OC[C@@H]1NC(=O)[C@@H](c2ccccc2)[C@@H]1NCc1ccccc1)(c1ccccc1)c1ccccc1. The Morgan fingerprint density at radius 1 is 0.744 bits per heavy atom. The lowest BCUT2D eigenvalue weighted by atomic mass is 9.90. The van der Waals surface area contributed by atoms with Gasteiger partial charge in [0, 0.05) is 12.6 Å². The predicted octanol–water partition coefficient (Wildman–Crippen LogP) is 5.00. The fraction of sp³-hybridized carbons (Fsp3) is 0.265. The Bertz CT molecular complexity index is 1300. The minimum Gasteiger partial charge on any atom is -0.405 e. The van der Waals surface area contributed by atoms with Gasteiger partial charge in [-0.1, -0.05) is 142 Å². The van der Waals surface area contributed by atoms with Crippen molar-refractivity contribution in [3.05, 3.63) is 132 Å². The molecule has 0 aromatic heterocycles. The second-order valence-corrected chi connectivity index (χ2v) is 15.7. The van der Waals surface area contributed by atoms with Crippen LogP contribution in [0.2, 0.25) is 5.04 Å². The van der Waals surface area contributed by atoms with Gasteiger partial charge in [0.15, 0.2) is 0 Å². The van der Waals surface area contributed by atoms with Gasteiger partial charge in [-0.15, -0.1) is 0 Å². The molecule has 4 aromatic rings. The molecule has 4 aromatic carbocycles. The zero-order valence-corrected chi connectivity index (χ0v) is 24.0. The molecule has 2 N–H and O–H groups in total. The van der Waals surface area contributed by atoms with E-state index in [4.69, 9.17) is 4.43 Å². The summed E-state index contributed by atoms with van der Waals surface area (Å²) >= 11 is 0. The minimum atomic E-state index is -2.74. The number of carbonyl (C=O) groups is 1. The fourth-order valence-corrected chi connectivity index (χ4v) is 10.6. The summed E-state index contributed by atoms with van der Waals surface area (Å²) in [4.78, 5) is 13.5. The molecule has 1 fully saturated rings. The van der Waals surface area contributed by atoms with Gasteiger partial charge in [-0.3, -0.25) is 4.79 Å². The molecule has 0 unspecified atom stereocenters. The Kier molecular flexibility index (Phi) is 8.12. The van der Waals surface area contributed by atoms with Crippen LogP contribution in [0.25, 0.3) is 0 Å². The molecule has 1 saturated heterocycles. The Balaban J connectivity index is 1.50. The minimum absolute atomic E-state index is 0.0443. The number of nitrogens with one attached hydrogen (secondary N) is 2. The number of hydrogen-bond donors (Lipinski definition) is 2. The first-order chi connectivity index (χ1) is 18.9. The van der Waals surface area contributed by atoms with E-state index >= 15 is 0 Å². The van der Waals surface area contributed by atoms with E-state index in [1.54, 1.807) is 0 Å². The summed E-state index contributed by atoms with van der Waals surface area (Å²) < 4.78 is 7.25. The molecule has 5 rings (SSSR count). The molecule has 1 heterocycles. The van der Waals surface area contributed by atoms with Crippen molar-refractivity contribution in [1.29, 1.82) is 0 Å². The van der Waals surface area contributed by atoms with Crippen LogP contribution in [0.3, 0.4) is 0 Å². The van der Waals surface area contributed by atoms with E-state index in [0.717, 1.165) is 5.56 Å². The third kappa shape index (κ3) is 5.62. The number of rotatable bonds is 9. The highest BCUT2D eigenvalue weighted by Gasteiger charge is 2.52. The monoisotopic (exact) mass is 534 g/mol. The molecule has 1 amide bonds. The van der Waals surface area contributed by atoms with Gasteiger partial charge in [-0.25, -0.2) is 0 Å². The zero-order valence-electron chi connectivity index (χ0n) is 23.0. The van der Waals surface area contributed by atoms with Crippen LogP contribution in [-0.2, 0) is 15.8 Å². The lowest BCUT2D eigenvalue weighted by Crippen LogP contribution is -2.67. The molecule has 3 atom stereocenters. The van der Waals surface area contributed by atoms with Crippen molar-refractivity contribution < 1.29 is 9.22 Å². The van der Waals surface area contributed by atoms with Crippen molar-refractivity contribution in [2.45, 2.75) is 50.4 Å². The molecule has 0 aliphatic carbocycles. The lowest BCUT2D eigenvalue weighted by Gasteiger charge is -2.44. The average Bonchev–Trinajstić information content (AvgIpc) is 3.28. The topological polar surface area (TPSA) is 50.4 Å². The first-order valence-electron chi connectivity index (χ1n) is 13.8. The molecular formula is C34H38N2O2Si. The van der Waals surface area contributed by atoms with Gasteiger partial charge < -0.3 is 15.1 Å². The van der Waals surface area contributed by atoms with E-state index in [-0.39, 0.29) is 28.9 Å². The summed E-state index contributed by atoms with van der Waals surface area (Å²) in [5.41, 5.74) is 2.21. The number of benzene rings is 4. The highest BCUT2D eigenvalue weighted by Crippen LogP contribution is 2.37. The third-order valence-corrected chi connectivity index (χ3v) is 12.8. The van der Waals surface area contributed by atoms with Gasteiger partial charge in [0.2, 0.25) is 5.91 Å². The Hall–Kier alpha value is -3.51. The maximum Gasteiger partial charge on any atom is 0.261 e. The summed E-state index contributed by atoms with van der Waals surface area (Å²) in [5.74, 6) is -0.245. The third-order valence-electron chi connectivity index (χ3n) is 7.84. The molecule has 0 saturated carbocycles. The van der Waals surface area contributed by atoms with Crippen molar-refractivity contribution in [2.75, 3.05) is 6.61 Å². The molecule has 5 heteroatoms. The highest BCUT2D eigenvalue weighted by atomic mass is 28.4. The molecule has 0 spiro atoms. The molecule has 0 bridgehead atoms. The Morgan fingerprint density at radius 3 is 1.74 bits per heavy atom. The van der Waals surface area contributed by atoms with Gasteiger partial charge in [0.1, 0.15) is 0 Å². The maximum absolute atomic E-state index is 13.5. The van der Waals surface area contributed by atoms with Crippen LogP contribution in [0.5, 0.6) is 0 Å². The van der Waals surface area contributed by atoms with Crippen LogP contribution in [-0.4, -0.2) is 32.9 Å². The van der Waals surface area contributed by atoms with Crippen molar-refractivity contribution in [3.63, 3.8) is 0 Å². The lowest BCUT2D eigenvalue weighted by molar-refractivity contribution is -0.120. The first kappa shape index (κ1) is 27.1. The van der Waals surface area contributed by atoms with Crippen LogP contribution >= 0.6 is 0 Å². The van der Waals surface area contributed by atoms with E-state index in [1.807, 2.05) is 48.5 Å². The molecule has 0 radical (unpaired) electrons. The smallest absolute Gasteiger partial charge is 0.261 e. The summed E-state index contributed by atoms with van der Waals surface area (Å²) in [5, 5.41) is 9.39. The second kappa shape index (κ2) is 11.7. The van der Waals surface area contributed by atoms with E-state index in [9.17, 15) is 4.79 Å². The van der Waals surface area contributed by atoms with E-state index in [1.165, 1.54) is 15.9 Å². The van der Waals surface area contributed by atoms with Gasteiger partial charge in [0.25, 0.3) is 8.32 Å². The molecular weight excluding hydrogens is 496 g/mol. The second-order valence-electron chi connectivity index (χ2n) is 11.4. The van der Waals surface area contributed by atoms with Gasteiger partial charge in [0.05, 0.1) is 18.6 Å².